The number of benzene rings is 1. The molecule has 2 N–H and O–H groups in total. The van der Waals surface area contributed by atoms with Gasteiger partial charge in [0.2, 0.25) is 5.91 Å². The Morgan fingerprint density at radius 3 is 3.11 bits per heavy atom. The van der Waals surface area contributed by atoms with E-state index in [1.165, 1.54) is 0 Å². The summed E-state index contributed by atoms with van der Waals surface area (Å²) in [5.74, 6) is -1.68. The zero-order chi connectivity index (χ0) is 18.2. The first-order valence-corrected chi connectivity index (χ1v) is 6.11. The molecule has 0 aromatic heterocycles. The highest BCUT2D eigenvalue weighted by molar-refractivity contribution is 6.31. The summed E-state index contributed by atoms with van der Waals surface area (Å²) in [4.78, 5) is 11.8. The fourth-order valence-electron chi connectivity index (χ4n) is 2.49. The number of amides is 1. The molecule has 0 heterocycles. The largest absolute Gasteiger partial charge is 0.369 e. The average Bonchev–Trinajstić information content (AvgIpc) is 2.88. The number of primary amides is 1. The van der Waals surface area contributed by atoms with Gasteiger partial charge in [-0.05, 0) is 66.4 Å². The molecule has 0 bridgehead atoms. The highest BCUT2D eigenvalue weighted by atomic mass is 35.5. The summed E-state index contributed by atoms with van der Waals surface area (Å²) in [5, 5.41) is 0.0464. The fraction of sp³-hybridized carbons (Fsp3) is 0.400. The predicted octanol–water partition coefficient (Wildman–Crippen LogP) is 3.24. The molecule has 0 saturated carbocycles. The summed E-state index contributed by atoms with van der Waals surface area (Å²) in [6, 6.07) is -0.0325. The van der Waals surface area contributed by atoms with Crippen LogP contribution in [0.1, 0.15) is 44.1 Å². The Balaban J connectivity index is 2.38. The van der Waals surface area contributed by atoms with Crippen molar-refractivity contribution in [3.63, 3.8) is 0 Å². The lowest BCUT2D eigenvalue weighted by molar-refractivity contribution is -0.121. The molecule has 3 rings (SSSR count). The molecule has 0 fully saturated rings. The number of rotatable bonds is 1. The number of nitrogens with two attached hydrogens (primary N) is 1. The Labute approximate surface area is 120 Å². The molecule has 1 atom stereocenters. The average molecular weight is 268 g/mol. The number of hydrogen-bond acceptors (Lipinski definition) is 1. The first-order chi connectivity index (χ1) is 10.9. The van der Waals surface area contributed by atoms with Crippen LogP contribution in [0.5, 0.6) is 0 Å². The summed E-state index contributed by atoms with van der Waals surface area (Å²) >= 11 is 6.12. The van der Waals surface area contributed by atoms with Crippen LogP contribution < -0.4 is 5.73 Å². The van der Waals surface area contributed by atoms with E-state index in [-0.39, 0.29) is 41.1 Å². The number of allylic oxidation sites excluding steroid dienone is 1. The molecule has 3 heteroatoms. The highest BCUT2D eigenvalue weighted by Crippen LogP contribution is 2.45. The lowest BCUT2D eigenvalue weighted by atomic mass is 9.82. The van der Waals surface area contributed by atoms with E-state index in [1.54, 1.807) is 6.92 Å². The summed E-state index contributed by atoms with van der Waals surface area (Å²) in [5.41, 5.74) is 6.74. The summed E-state index contributed by atoms with van der Waals surface area (Å²) in [6.07, 6.45) is -4.95. The quantitative estimate of drug-likeness (QED) is 0.834. The second-order valence-corrected chi connectivity index (χ2v) is 4.96. The Hall–Kier alpha value is -1.28. The second-order valence-electron chi connectivity index (χ2n) is 4.58. The molecule has 18 heavy (non-hydrogen) atoms. The van der Waals surface area contributed by atoms with Gasteiger partial charge in [0.1, 0.15) is 0 Å². The summed E-state index contributed by atoms with van der Waals surface area (Å²) < 4.78 is 49.3. The first kappa shape index (κ1) is 6.76. The minimum Gasteiger partial charge on any atom is -0.369 e. The number of carbonyl (C=O) groups excluding carboxylic acids is 1. The molecule has 2 nitrogen and oxygen atoms in total. The molecule has 1 aromatic carbocycles. The maximum Gasteiger partial charge on any atom is 0.224 e. The Bertz CT molecular complexity index is 817. The van der Waals surface area contributed by atoms with Gasteiger partial charge in [-0.15, -0.1) is 0 Å². The molecule has 2 aliphatic carbocycles. The van der Waals surface area contributed by atoms with Gasteiger partial charge >= 0.3 is 0 Å². The maximum atomic E-state index is 11.8. The molecular weight excluding hydrogens is 246 g/mol. The summed E-state index contributed by atoms with van der Waals surface area (Å²) in [6.45, 7) is 1.61. The third-order valence-electron chi connectivity index (χ3n) is 3.43. The third-order valence-corrected chi connectivity index (χ3v) is 3.80. The normalized spacial score (nSPS) is 32.2. The van der Waals surface area contributed by atoms with Crippen molar-refractivity contribution in [2.24, 2.45) is 11.7 Å². The van der Waals surface area contributed by atoms with Crippen LogP contribution in [0.4, 0.5) is 0 Å². The van der Waals surface area contributed by atoms with Crippen molar-refractivity contribution in [2.45, 2.75) is 32.5 Å². The minimum atomic E-state index is -2.40. The molecule has 94 valence electrons. The Kier molecular flexibility index (Phi) is 1.55. The SMILES string of the molecule is [2H]c1c(C)c(Cl)c([2H])c2c1CC1=C2C([2H])([2H])C([2H])([2H])CC1C(N)=O. The highest BCUT2D eigenvalue weighted by Gasteiger charge is 2.33. The van der Waals surface area contributed by atoms with Gasteiger partial charge in [0.15, 0.2) is 0 Å². The van der Waals surface area contributed by atoms with Crippen LogP contribution in [0.25, 0.3) is 5.57 Å². The zero-order valence-electron chi connectivity index (χ0n) is 15.9. The van der Waals surface area contributed by atoms with Crippen molar-refractivity contribution in [3.05, 3.63) is 39.4 Å². The number of halogens is 1. The predicted molar refractivity (Wildman–Crippen MR) is 73.3 cm³/mol. The van der Waals surface area contributed by atoms with Crippen molar-refractivity contribution in [1.82, 2.24) is 0 Å². The molecule has 0 saturated heterocycles. The van der Waals surface area contributed by atoms with Crippen molar-refractivity contribution in [3.8, 4) is 0 Å². The van der Waals surface area contributed by atoms with Crippen LogP contribution in [-0.2, 0) is 11.2 Å². The summed E-state index contributed by atoms with van der Waals surface area (Å²) in [7, 11) is 0. The monoisotopic (exact) mass is 267 g/mol. The van der Waals surface area contributed by atoms with Crippen LogP contribution in [0.3, 0.4) is 0 Å². The van der Waals surface area contributed by atoms with Crippen LogP contribution in [-0.4, -0.2) is 5.91 Å². The van der Waals surface area contributed by atoms with E-state index < -0.39 is 24.6 Å². The van der Waals surface area contributed by atoms with E-state index in [4.69, 9.17) is 25.6 Å². The molecule has 1 unspecified atom stereocenters. The van der Waals surface area contributed by atoms with Crippen LogP contribution in [0, 0.1) is 12.8 Å². The zero-order valence-corrected chi connectivity index (χ0v) is 10.6. The third kappa shape index (κ3) is 1.67. The van der Waals surface area contributed by atoms with E-state index in [2.05, 4.69) is 0 Å². The Morgan fingerprint density at radius 2 is 2.39 bits per heavy atom. The molecule has 1 aromatic rings. The van der Waals surface area contributed by atoms with Crippen molar-refractivity contribution in [2.75, 3.05) is 0 Å². The van der Waals surface area contributed by atoms with Gasteiger partial charge in [0.05, 0.1) is 8.66 Å². The van der Waals surface area contributed by atoms with Crippen molar-refractivity contribution in [1.29, 1.82) is 0 Å². The molecule has 0 spiro atoms. The molecule has 0 aliphatic heterocycles. The van der Waals surface area contributed by atoms with Gasteiger partial charge in [0.25, 0.3) is 0 Å². The van der Waals surface area contributed by atoms with Gasteiger partial charge in [-0.1, -0.05) is 17.6 Å². The van der Waals surface area contributed by atoms with Gasteiger partial charge in [-0.25, -0.2) is 0 Å². The minimum absolute atomic E-state index is 0.0297. The first-order valence-electron chi connectivity index (χ1n) is 8.73. The van der Waals surface area contributed by atoms with Crippen LogP contribution in [0.15, 0.2) is 17.7 Å². The molecule has 0 radical (unpaired) electrons. The molecular formula is C15H16ClNO. The van der Waals surface area contributed by atoms with E-state index >= 15 is 0 Å². The second kappa shape index (κ2) is 4.13. The number of carbonyl (C=O) groups is 1. The number of hydrogen-bond donors (Lipinski definition) is 1. The van der Waals surface area contributed by atoms with E-state index in [9.17, 15) is 4.79 Å². The standard InChI is InChI=1S/C15H16ClNO/c1-8-5-9-6-13-10(12(9)7-14(8)16)3-2-4-11(13)15(17)18/h5,7,11H,2-4,6H2,1H3,(H2,17,18)/i2D2,3D2,5D,7D. The number of fused-ring (bicyclic) bond motifs is 2. The lowest BCUT2D eigenvalue weighted by Crippen LogP contribution is -2.27. The van der Waals surface area contributed by atoms with Crippen molar-refractivity contribution < 1.29 is 13.0 Å². The van der Waals surface area contributed by atoms with Gasteiger partial charge < -0.3 is 5.73 Å². The van der Waals surface area contributed by atoms with Crippen LogP contribution in [0.2, 0.25) is 5.02 Å². The van der Waals surface area contributed by atoms with E-state index in [0.29, 0.717) is 16.7 Å². The smallest absolute Gasteiger partial charge is 0.224 e. The van der Waals surface area contributed by atoms with E-state index in [1.807, 2.05) is 0 Å². The maximum absolute atomic E-state index is 11.8. The van der Waals surface area contributed by atoms with Crippen molar-refractivity contribution >= 4 is 23.1 Å². The Morgan fingerprint density at radius 1 is 1.61 bits per heavy atom. The van der Waals surface area contributed by atoms with Gasteiger partial charge in [0, 0.05) is 10.5 Å². The van der Waals surface area contributed by atoms with E-state index in [0.717, 1.165) is 0 Å². The van der Waals surface area contributed by atoms with Crippen LogP contribution >= 0.6 is 11.6 Å². The molecule has 1 amide bonds. The fourth-order valence-corrected chi connectivity index (χ4v) is 2.63. The topological polar surface area (TPSA) is 43.1 Å². The lowest BCUT2D eigenvalue weighted by Gasteiger charge is -2.22. The van der Waals surface area contributed by atoms with Gasteiger partial charge in [-0.2, -0.15) is 0 Å². The van der Waals surface area contributed by atoms with Gasteiger partial charge in [-0.3, -0.25) is 4.79 Å². The molecule has 2 aliphatic rings.